The molecule has 2 unspecified atom stereocenters. The molecular formula is C15H25FN4. The van der Waals surface area contributed by atoms with Crippen molar-refractivity contribution in [2.24, 2.45) is 5.84 Å². The topological polar surface area (TPSA) is 44.5 Å². The minimum absolute atomic E-state index is 0.0493. The molecule has 1 saturated heterocycles. The van der Waals surface area contributed by atoms with Crippen LogP contribution in [-0.4, -0.2) is 49.6 Å². The molecule has 4 nitrogen and oxygen atoms in total. The third-order valence-electron chi connectivity index (χ3n) is 4.27. The highest BCUT2D eigenvalue weighted by Crippen LogP contribution is 2.23. The first-order valence-electron chi connectivity index (χ1n) is 7.12. The Bertz CT molecular complexity index is 451. The molecule has 112 valence electrons. The third kappa shape index (κ3) is 3.55. The van der Waals surface area contributed by atoms with Gasteiger partial charge in [0.15, 0.2) is 0 Å². The van der Waals surface area contributed by atoms with Gasteiger partial charge in [-0.2, -0.15) is 0 Å². The van der Waals surface area contributed by atoms with Crippen molar-refractivity contribution in [1.29, 1.82) is 0 Å². The van der Waals surface area contributed by atoms with E-state index in [2.05, 4.69) is 29.3 Å². The lowest BCUT2D eigenvalue weighted by Gasteiger charge is -2.39. The number of rotatable bonds is 4. The van der Waals surface area contributed by atoms with Crippen LogP contribution >= 0.6 is 0 Å². The Morgan fingerprint density at radius 3 is 2.80 bits per heavy atom. The maximum Gasteiger partial charge on any atom is 0.126 e. The van der Waals surface area contributed by atoms with Gasteiger partial charge in [0.2, 0.25) is 0 Å². The van der Waals surface area contributed by atoms with E-state index < -0.39 is 0 Å². The number of likely N-dealkylation sites (N-methyl/N-ethyl adjacent to an activating group) is 2. The molecule has 1 aliphatic heterocycles. The Morgan fingerprint density at radius 2 is 2.15 bits per heavy atom. The van der Waals surface area contributed by atoms with E-state index in [1.807, 2.05) is 12.1 Å². The largest absolute Gasteiger partial charge is 0.304 e. The molecule has 1 aliphatic rings. The molecule has 2 rings (SSSR count). The molecule has 1 aromatic rings. The van der Waals surface area contributed by atoms with Crippen LogP contribution in [0.2, 0.25) is 0 Å². The van der Waals surface area contributed by atoms with E-state index in [9.17, 15) is 4.39 Å². The standard InChI is InChI=1S/C15H25FN4/c1-11-8-12(4-5-14(11)16)15(18-17)9-13-10-19(2)6-7-20(13)3/h4-5,8,13,15,18H,6-7,9-10,17H2,1-3H3. The fourth-order valence-electron chi connectivity index (χ4n) is 2.81. The van der Waals surface area contributed by atoms with Crippen molar-refractivity contribution in [3.05, 3.63) is 35.1 Å². The zero-order valence-corrected chi connectivity index (χ0v) is 12.6. The smallest absolute Gasteiger partial charge is 0.126 e. The predicted octanol–water partition coefficient (Wildman–Crippen LogP) is 1.27. The highest BCUT2D eigenvalue weighted by Gasteiger charge is 2.25. The summed E-state index contributed by atoms with van der Waals surface area (Å²) in [6.07, 6.45) is 0.919. The van der Waals surface area contributed by atoms with Gasteiger partial charge in [-0.25, -0.2) is 4.39 Å². The van der Waals surface area contributed by atoms with E-state index in [0.717, 1.165) is 31.6 Å². The summed E-state index contributed by atoms with van der Waals surface area (Å²) in [5, 5.41) is 0. The Hall–Kier alpha value is -1.01. The first-order chi connectivity index (χ1) is 9.51. The molecule has 3 N–H and O–H groups in total. The second-order valence-electron chi connectivity index (χ2n) is 5.86. The van der Waals surface area contributed by atoms with Gasteiger partial charge in [0.05, 0.1) is 0 Å². The number of benzene rings is 1. The summed E-state index contributed by atoms with van der Waals surface area (Å²) in [5.41, 5.74) is 4.59. The predicted molar refractivity (Wildman–Crippen MR) is 79.7 cm³/mol. The molecule has 1 heterocycles. The van der Waals surface area contributed by atoms with E-state index in [-0.39, 0.29) is 11.9 Å². The number of hydrogen-bond acceptors (Lipinski definition) is 4. The molecule has 0 saturated carbocycles. The van der Waals surface area contributed by atoms with Crippen LogP contribution in [-0.2, 0) is 0 Å². The number of nitrogens with zero attached hydrogens (tertiary/aromatic N) is 2. The maximum atomic E-state index is 13.4. The third-order valence-corrected chi connectivity index (χ3v) is 4.27. The SMILES string of the molecule is Cc1cc(C(CC2CN(C)CCN2C)NN)ccc1F. The summed E-state index contributed by atoms with van der Waals surface area (Å²) in [4.78, 5) is 4.72. The van der Waals surface area contributed by atoms with Gasteiger partial charge in [-0.05, 0) is 44.6 Å². The monoisotopic (exact) mass is 280 g/mol. The van der Waals surface area contributed by atoms with Crippen LogP contribution in [0.1, 0.15) is 23.6 Å². The van der Waals surface area contributed by atoms with Crippen LogP contribution in [0.5, 0.6) is 0 Å². The van der Waals surface area contributed by atoms with Crippen LogP contribution in [0.3, 0.4) is 0 Å². The van der Waals surface area contributed by atoms with Crippen molar-refractivity contribution in [2.75, 3.05) is 33.7 Å². The first-order valence-corrected chi connectivity index (χ1v) is 7.12. The van der Waals surface area contributed by atoms with Gasteiger partial charge in [-0.3, -0.25) is 11.3 Å². The van der Waals surface area contributed by atoms with E-state index in [0.29, 0.717) is 11.6 Å². The van der Waals surface area contributed by atoms with Gasteiger partial charge in [0, 0.05) is 31.7 Å². The summed E-state index contributed by atoms with van der Waals surface area (Å²) in [5.74, 6) is 5.55. The van der Waals surface area contributed by atoms with Gasteiger partial charge in [-0.1, -0.05) is 12.1 Å². The highest BCUT2D eigenvalue weighted by atomic mass is 19.1. The number of halogens is 1. The van der Waals surface area contributed by atoms with E-state index in [1.165, 1.54) is 6.07 Å². The molecule has 0 amide bonds. The molecule has 1 aromatic carbocycles. The summed E-state index contributed by atoms with van der Waals surface area (Å²) in [7, 11) is 4.30. The molecule has 0 aromatic heterocycles. The zero-order chi connectivity index (χ0) is 14.7. The lowest BCUT2D eigenvalue weighted by molar-refractivity contribution is 0.101. The number of piperazine rings is 1. The molecule has 20 heavy (non-hydrogen) atoms. The summed E-state index contributed by atoms with van der Waals surface area (Å²) in [6.45, 7) is 4.99. The van der Waals surface area contributed by atoms with Crippen molar-refractivity contribution in [1.82, 2.24) is 15.2 Å². The van der Waals surface area contributed by atoms with Crippen molar-refractivity contribution in [3.8, 4) is 0 Å². The zero-order valence-electron chi connectivity index (χ0n) is 12.6. The molecule has 0 radical (unpaired) electrons. The summed E-state index contributed by atoms with van der Waals surface area (Å²) < 4.78 is 13.4. The minimum Gasteiger partial charge on any atom is -0.304 e. The van der Waals surface area contributed by atoms with E-state index in [4.69, 9.17) is 5.84 Å². The van der Waals surface area contributed by atoms with Gasteiger partial charge < -0.3 is 9.80 Å². The average Bonchev–Trinajstić information content (AvgIpc) is 2.43. The van der Waals surface area contributed by atoms with Gasteiger partial charge in [-0.15, -0.1) is 0 Å². The van der Waals surface area contributed by atoms with Gasteiger partial charge in [0.1, 0.15) is 5.82 Å². The number of nitrogens with one attached hydrogen (secondary N) is 1. The second-order valence-corrected chi connectivity index (χ2v) is 5.86. The minimum atomic E-state index is -0.168. The number of nitrogens with two attached hydrogens (primary N) is 1. The molecule has 5 heteroatoms. The first kappa shape index (κ1) is 15.4. The Kier molecular flexibility index (Phi) is 5.10. The molecule has 2 atom stereocenters. The maximum absolute atomic E-state index is 13.4. The lowest BCUT2D eigenvalue weighted by Crippen LogP contribution is -2.51. The van der Waals surface area contributed by atoms with Crippen molar-refractivity contribution >= 4 is 0 Å². The van der Waals surface area contributed by atoms with E-state index in [1.54, 1.807) is 6.92 Å². The van der Waals surface area contributed by atoms with Crippen LogP contribution in [0.15, 0.2) is 18.2 Å². The second kappa shape index (κ2) is 6.63. The normalized spacial score (nSPS) is 22.9. The van der Waals surface area contributed by atoms with Crippen LogP contribution in [0.25, 0.3) is 0 Å². The van der Waals surface area contributed by atoms with Crippen molar-refractivity contribution < 1.29 is 4.39 Å². The summed E-state index contributed by atoms with van der Waals surface area (Å²) >= 11 is 0. The molecule has 0 aliphatic carbocycles. The molecule has 0 bridgehead atoms. The molecule has 1 fully saturated rings. The van der Waals surface area contributed by atoms with Crippen molar-refractivity contribution in [2.45, 2.75) is 25.4 Å². The number of hydrogen-bond donors (Lipinski definition) is 2. The van der Waals surface area contributed by atoms with Gasteiger partial charge in [0.25, 0.3) is 0 Å². The Balaban J connectivity index is 2.09. The Morgan fingerprint density at radius 1 is 1.40 bits per heavy atom. The average molecular weight is 280 g/mol. The van der Waals surface area contributed by atoms with Crippen LogP contribution in [0.4, 0.5) is 4.39 Å². The highest BCUT2D eigenvalue weighted by molar-refractivity contribution is 5.26. The Labute approximate surface area is 120 Å². The fourth-order valence-corrected chi connectivity index (χ4v) is 2.81. The molecule has 0 spiro atoms. The van der Waals surface area contributed by atoms with E-state index >= 15 is 0 Å². The quantitative estimate of drug-likeness (QED) is 0.644. The lowest BCUT2D eigenvalue weighted by atomic mass is 9.96. The number of hydrazine groups is 1. The fraction of sp³-hybridized carbons (Fsp3) is 0.600. The molecular weight excluding hydrogens is 255 g/mol. The summed E-state index contributed by atoms with van der Waals surface area (Å²) in [6, 6.07) is 5.73. The van der Waals surface area contributed by atoms with Gasteiger partial charge >= 0.3 is 0 Å². The van der Waals surface area contributed by atoms with Crippen LogP contribution in [0, 0.1) is 12.7 Å². The van der Waals surface area contributed by atoms with Crippen LogP contribution < -0.4 is 11.3 Å². The number of aryl methyl sites for hydroxylation is 1. The van der Waals surface area contributed by atoms with Crippen molar-refractivity contribution in [3.63, 3.8) is 0 Å².